The molecule has 1 atom stereocenters. The maximum Gasteiger partial charge on any atom is 0.109 e. The minimum absolute atomic E-state index is 0.652. The van der Waals surface area contributed by atoms with E-state index in [4.69, 9.17) is 0 Å². The van der Waals surface area contributed by atoms with Crippen LogP contribution >= 0.6 is 0 Å². The fraction of sp³-hybridized carbons (Fsp3) is 0.333. The first kappa shape index (κ1) is 10.8. The monoisotopic (exact) mass is 217 g/mol. The van der Waals surface area contributed by atoms with Crippen LogP contribution in [0.5, 0.6) is 0 Å². The summed E-state index contributed by atoms with van der Waals surface area (Å²) in [5.74, 6) is 0. The summed E-state index contributed by atoms with van der Waals surface area (Å²) in [6, 6.07) is 1.93. The maximum atomic E-state index is 10.2. The van der Waals surface area contributed by atoms with Crippen molar-refractivity contribution in [3.63, 3.8) is 0 Å². The molecule has 2 heterocycles. The Morgan fingerprint density at radius 2 is 2.00 bits per heavy atom. The van der Waals surface area contributed by atoms with Crippen molar-refractivity contribution in [2.24, 2.45) is 7.05 Å². The second-order valence-electron chi connectivity index (χ2n) is 4.01. The molecule has 0 bridgehead atoms. The Morgan fingerprint density at radius 3 is 2.56 bits per heavy atom. The molecule has 2 aromatic rings. The number of aromatic nitrogens is 3. The Labute approximate surface area is 94.6 Å². The van der Waals surface area contributed by atoms with Gasteiger partial charge in [0.25, 0.3) is 0 Å². The Bertz CT molecular complexity index is 505. The number of hydrogen-bond donors (Lipinski definition) is 1. The number of nitrogens with zero attached hydrogens (tertiary/aromatic N) is 3. The highest BCUT2D eigenvalue weighted by atomic mass is 16.3. The number of rotatable bonds is 2. The summed E-state index contributed by atoms with van der Waals surface area (Å²) >= 11 is 0. The first-order chi connectivity index (χ1) is 7.59. The van der Waals surface area contributed by atoms with Gasteiger partial charge in [0.15, 0.2) is 0 Å². The molecule has 0 saturated carbocycles. The van der Waals surface area contributed by atoms with Crippen molar-refractivity contribution >= 4 is 0 Å². The third kappa shape index (κ3) is 1.84. The van der Waals surface area contributed by atoms with E-state index in [-0.39, 0.29) is 0 Å². The number of hydrogen-bond acceptors (Lipinski definition) is 3. The highest BCUT2D eigenvalue weighted by molar-refractivity contribution is 5.30. The molecule has 0 aliphatic rings. The van der Waals surface area contributed by atoms with E-state index in [9.17, 15) is 5.11 Å². The summed E-state index contributed by atoms with van der Waals surface area (Å²) in [5, 5.41) is 14.3. The molecular formula is C12H15N3O. The molecule has 0 fully saturated rings. The molecule has 0 saturated heterocycles. The zero-order valence-corrected chi connectivity index (χ0v) is 9.68. The van der Waals surface area contributed by atoms with Gasteiger partial charge >= 0.3 is 0 Å². The normalized spacial score (nSPS) is 12.8. The average molecular weight is 217 g/mol. The van der Waals surface area contributed by atoms with Crippen LogP contribution in [0.4, 0.5) is 0 Å². The van der Waals surface area contributed by atoms with Crippen molar-refractivity contribution < 1.29 is 5.11 Å². The molecule has 0 aliphatic carbocycles. The Kier molecular flexibility index (Phi) is 2.75. The van der Waals surface area contributed by atoms with Crippen molar-refractivity contribution in [1.29, 1.82) is 0 Å². The molecule has 0 aliphatic heterocycles. The van der Waals surface area contributed by atoms with Gasteiger partial charge in [-0.1, -0.05) is 6.07 Å². The smallest absolute Gasteiger partial charge is 0.109 e. The van der Waals surface area contributed by atoms with Crippen LogP contribution in [-0.2, 0) is 7.05 Å². The van der Waals surface area contributed by atoms with Gasteiger partial charge in [0.1, 0.15) is 6.10 Å². The molecule has 0 radical (unpaired) electrons. The largest absolute Gasteiger partial charge is 0.383 e. The second-order valence-corrected chi connectivity index (χ2v) is 4.01. The Balaban J connectivity index is 2.39. The predicted octanol–water partition coefficient (Wildman–Crippen LogP) is 1.51. The zero-order chi connectivity index (χ0) is 11.7. The summed E-state index contributed by atoms with van der Waals surface area (Å²) in [6.45, 7) is 3.90. The molecule has 0 spiro atoms. The lowest BCUT2D eigenvalue weighted by molar-refractivity contribution is 0.219. The van der Waals surface area contributed by atoms with Crippen LogP contribution in [-0.4, -0.2) is 19.9 Å². The first-order valence-corrected chi connectivity index (χ1v) is 5.17. The third-order valence-corrected chi connectivity index (χ3v) is 2.78. The van der Waals surface area contributed by atoms with Gasteiger partial charge in [-0.25, -0.2) is 0 Å². The number of pyridine rings is 1. The van der Waals surface area contributed by atoms with Gasteiger partial charge in [-0.3, -0.25) is 9.67 Å². The molecule has 0 amide bonds. The van der Waals surface area contributed by atoms with Gasteiger partial charge in [0.2, 0.25) is 0 Å². The Morgan fingerprint density at radius 1 is 1.25 bits per heavy atom. The lowest BCUT2D eigenvalue weighted by Gasteiger charge is -2.10. The van der Waals surface area contributed by atoms with Gasteiger partial charge < -0.3 is 5.11 Å². The molecule has 84 valence electrons. The molecule has 4 heteroatoms. The highest BCUT2D eigenvalue weighted by Gasteiger charge is 2.16. The molecule has 1 unspecified atom stereocenters. The number of aryl methyl sites for hydroxylation is 2. The summed E-state index contributed by atoms with van der Waals surface area (Å²) < 4.78 is 1.75. The van der Waals surface area contributed by atoms with Crippen molar-refractivity contribution in [1.82, 2.24) is 14.8 Å². The van der Waals surface area contributed by atoms with E-state index in [1.165, 1.54) is 0 Å². The third-order valence-electron chi connectivity index (χ3n) is 2.78. The van der Waals surface area contributed by atoms with E-state index < -0.39 is 6.10 Å². The molecule has 1 N–H and O–H groups in total. The van der Waals surface area contributed by atoms with Crippen LogP contribution in [0.3, 0.4) is 0 Å². The van der Waals surface area contributed by atoms with E-state index in [1.54, 1.807) is 23.3 Å². The number of aliphatic hydroxyl groups excluding tert-OH is 1. The van der Waals surface area contributed by atoms with E-state index in [2.05, 4.69) is 10.1 Å². The lowest BCUT2D eigenvalue weighted by Crippen LogP contribution is -2.02. The van der Waals surface area contributed by atoms with Crippen molar-refractivity contribution in [2.45, 2.75) is 20.0 Å². The average Bonchev–Trinajstić information content (AvgIpc) is 2.59. The predicted molar refractivity (Wildman–Crippen MR) is 61.0 cm³/mol. The second kappa shape index (κ2) is 4.06. The fourth-order valence-electron chi connectivity index (χ4n) is 1.69. The summed E-state index contributed by atoms with van der Waals surface area (Å²) in [4.78, 5) is 4.08. The molecular weight excluding hydrogens is 202 g/mol. The van der Waals surface area contributed by atoms with E-state index in [0.717, 1.165) is 22.4 Å². The zero-order valence-electron chi connectivity index (χ0n) is 9.68. The van der Waals surface area contributed by atoms with Crippen LogP contribution in [0, 0.1) is 13.8 Å². The van der Waals surface area contributed by atoms with Crippen LogP contribution in [0.2, 0.25) is 0 Å². The van der Waals surface area contributed by atoms with Crippen molar-refractivity contribution in [3.8, 4) is 0 Å². The van der Waals surface area contributed by atoms with Gasteiger partial charge in [0.05, 0.1) is 6.20 Å². The Hall–Kier alpha value is -1.68. The topological polar surface area (TPSA) is 50.9 Å². The summed E-state index contributed by atoms with van der Waals surface area (Å²) in [5.41, 5.74) is 3.64. The van der Waals surface area contributed by atoms with E-state index in [0.29, 0.717) is 0 Å². The standard InChI is InChI=1S/C12H15N3O/c1-8-4-10(6-13-5-8)12(16)11-7-14-15(3)9(11)2/h4-7,12,16H,1-3H3. The van der Waals surface area contributed by atoms with Crippen LogP contribution < -0.4 is 0 Å². The van der Waals surface area contributed by atoms with Gasteiger partial charge in [-0.2, -0.15) is 5.10 Å². The minimum Gasteiger partial charge on any atom is -0.383 e. The fourth-order valence-corrected chi connectivity index (χ4v) is 1.69. The molecule has 0 aromatic carbocycles. The summed E-state index contributed by atoms with van der Waals surface area (Å²) in [7, 11) is 1.86. The van der Waals surface area contributed by atoms with Crippen molar-refractivity contribution in [3.05, 3.63) is 47.0 Å². The van der Waals surface area contributed by atoms with Crippen molar-refractivity contribution in [2.75, 3.05) is 0 Å². The SMILES string of the molecule is Cc1cncc(C(O)c2cnn(C)c2C)c1. The summed E-state index contributed by atoms with van der Waals surface area (Å²) in [6.07, 6.45) is 4.50. The van der Waals surface area contributed by atoms with E-state index in [1.807, 2.05) is 27.0 Å². The van der Waals surface area contributed by atoms with Gasteiger partial charge in [-0.15, -0.1) is 0 Å². The van der Waals surface area contributed by atoms with Crippen LogP contribution in [0.25, 0.3) is 0 Å². The van der Waals surface area contributed by atoms with E-state index >= 15 is 0 Å². The number of aliphatic hydroxyl groups is 1. The molecule has 2 rings (SSSR count). The minimum atomic E-state index is -0.652. The molecule has 4 nitrogen and oxygen atoms in total. The first-order valence-electron chi connectivity index (χ1n) is 5.17. The highest BCUT2D eigenvalue weighted by Crippen LogP contribution is 2.23. The lowest BCUT2D eigenvalue weighted by atomic mass is 10.0. The van der Waals surface area contributed by atoms with Crippen LogP contribution in [0.1, 0.15) is 28.5 Å². The van der Waals surface area contributed by atoms with Gasteiger partial charge in [0, 0.05) is 36.3 Å². The van der Waals surface area contributed by atoms with Gasteiger partial charge in [-0.05, 0) is 19.4 Å². The van der Waals surface area contributed by atoms with Crippen LogP contribution in [0.15, 0.2) is 24.7 Å². The molecule has 16 heavy (non-hydrogen) atoms. The molecule has 2 aromatic heterocycles. The maximum absolute atomic E-state index is 10.2. The quantitative estimate of drug-likeness (QED) is 0.829.